The van der Waals surface area contributed by atoms with Crippen molar-refractivity contribution >= 4 is 26.0 Å². The van der Waals surface area contributed by atoms with Crippen LogP contribution in [-0.4, -0.2) is 26.6 Å². The predicted octanol–water partition coefficient (Wildman–Crippen LogP) is 2.81. The summed E-state index contributed by atoms with van der Waals surface area (Å²) in [7, 11) is -3.53. The first kappa shape index (κ1) is 16.6. The fraction of sp³-hybridized carbons (Fsp3) is 0.538. The lowest BCUT2D eigenvalue weighted by Gasteiger charge is -2.17. The summed E-state index contributed by atoms with van der Waals surface area (Å²) in [4.78, 5) is 0.253. The molecule has 0 saturated carbocycles. The summed E-state index contributed by atoms with van der Waals surface area (Å²) in [6, 6.07) is 6.73. The molecular weight excluding hydrogens is 330 g/mol. The second-order valence-corrected chi connectivity index (χ2v) is 6.66. The second kappa shape index (κ2) is 7.99. The minimum absolute atomic E-state index is 0.253. The van der Waals surface area contributed by atoms with Crippen molar-refractivity contribution in [3.05, 3.63) is 29.8 Å². The molecule has 1 aromatic rings. The molecule has 1 unspecified atom stereocenters. The molecule has 4 nitrogen and oxygen atoms in total. The van der Waals surface area contributed by atoms with Crippen molar-refractivity contribution in [1.29, 1.82) is 0 Å². The van der Waals surface area contributed by atoms with Gasteiger partial charge in [0.2, 0.25) is 10.0 Å². The topological polar surface area (TPSA) is 55.4 Å². The third-order valence-electron chi connectivity index (χ3n) is 2.57. The first-order valence-corrected chi connectivity index (χ1v) is 8.86. The van der Waals surface area contributed by atoms with Crippen LogP contribution >= 0.6 is 15.9 Å². The Balaban J connectivity index is 2.69. The average molecular weight is 350 g/mol. The summed E-state index contributed by atoms with van der Waals surface area (Å²) in [6.07, 6.45) is 1.38. The third-order valence-corrected chi connectivity index (χ3v) is 4.63. The Hall–Kier alpha value is -0.430. The number of benzene rings is 1. The Morgan fingerprint density at radius 3 is 2.47 bits per heavy atom. The van der Waals surface area contributed by atoms with E-state index in [1.807, 2.05) is 6.92 Å². The molecule has 1 rings (SSSR count). The van der Waals surface area contributed by atoms with Crippen LogP contribution in [0.3, 0.4) is 0 Å². The molecule has 0 bridgehead atoms. The van der Waals surface area contributed by atoms with E-state index in [1.54, 1.807) is 24.3 Å². The Morgan fingerprint density at radius 1 is 1.32 bits per heavy atom. The standard InChI is InChI=1S/C13H20BrNO3S/c1-3-4-9-18-13(10-14)15-19(16,17)12-7-5-11(2)6-8-12/h5-8,13,15H,3-4,9-10H2,1-2H3. The van der Waals surface area contributed by atoms with Crippen molar-refractivity contribution in [2.75, 3.05) is 11.9 Å². The van der Waals surface area contributed by atoms with Crippen LogP contribution in [0.1, 0.15) is 25.3 Å². The Kier molecular flexibility index (Phi) is 6.99. The van der Waals surface area contributed by atoms with Gasteiger partial charge in [0.05, 0.1) is 4.90 Å². The highest BCUT2D eigenvalue weighted by molar-refractivity contribution is 9.09. The zero-order valence-electron chi connectivity index (χ0n) is 11.2. The maximum Gasteiger partial charge on any atom is 0.242 e. The molecule has 0 radical (unpaired) electrons. The van der Waals surface area contributed by atoms with Crippen LogP contribution in [0.2, 0.25) is 0 Å². The Labute approximate surface area is 123 Å². The van der Waals surface area contributed by atoms with E-state index in [2.05, 4.69) is 27.6 Å². The van der Waals surface area contributed by atoms with Crippen molar-refractivity contribution in [3.8, 4) is 0 Å². The molecule has 0 spiro atoms. The van der Waals surface area contributed by atoms with Crippen molar-refractivity contribution in [3.63, 3.8) is 0 Å². The molecule has 0 aromatic heterocycles. The summed E-state index contributed by atoms with van der Waals surface area (Å²) in [6.45, 7) is 4.52. The van der Waals surface area contributed by atoms with E-state index >= 15 is 0 Å². The molecule has 6 heteroatoms. The van der Waals surface area contributed by atoms with Gasteiger partial charge in [0, 0.05) is 11.9 Å². The van der Waals surface area contributed by atoms with Gasteiger partial charge in [-0.2, -0.15) is 4.72 Å². The average Bonchev–Trinajstić information content (AvgIpc) is 2.38. The van der Waals surface area contributed by atoms with Crippen LogP contribution in [0.4, 0.5) is 0 Å². The molecule has 1 N–H and O–H groups in total. The van der Waals surface area contributed by atoms with Gasteiger partial charge in [0.1, 0.15) is 6.23 Å². The highest BCUT2D eigenvalue weighted by atomic mass is 79.9. The van der Waals surface area contributed by atoms with Gasteiger partial charge in [-0.05, 0) is 25.5 Å². The molecule has 0 aliphatic heterocycles. The summed E-state index contributed by atoms with van der Waals surface area (Å²) in [5, 5.41) is 0.418. The molecule has 19 heavy (non-hydrogen) atoms. The minimum Gasteiger partial charge on any atom is -0.361 e. The fourth-order valence-electron chi connectivity index (χ4n) is 1.44. The van der Waals surface area contributed by atoms with Gasteiger partial charge >= 0.3 is 0 Å². The lowest BCUT2D eigenvalue weighted by molar-refractivity contribution is 0.0609. The van der Waals surface area contributed by atoms with Crippen molar-refractivity contribution < 1.29 is 13.2 Å². The zero-order chi connectivity index (χ0) is 14.3. The summed E-state index contributed by atoms with van der Waals surface area (Å²) >= 11 is 3.25. The number of nitrogens with one attached hydrogen (secondary N) is 1. The number of aryl methyl sites for hydroxylation is 1. The molecule has 0 aliphatic carbocycles. The number of halogens is 1. The SMILES string of the molecule is CCCCOC(CBr)NS(=O)(=O)c1ccc(C)cc1. The second-order valence-electron chi connectivity index (χ2n) is 4.30. The van der Waals surface area contributed by atoms with Gasteiger partial charge < -0.3 is 4.74 Å². The van der Waals surface area contributed by atoms with Crippen LogP contribution < -0.4 is 4.72 Å². The van der Waals surface area contributed by atoms with Crippen LogP contribution in [0, 0.1) is 6.92 Å². The highest BCUT2D eigenvalue weighted by Gasteiger charge is 2.19. The maximum absolute atomic E-state index is 12.1. The van der Waals surface area contributed by atoms with Crippen LogP contribution in [0.25, 0.3) is 0 Å². The summed E-state index contributed by atoms with van der Waals surface area (Å²) < 4.78 is 32.3. The minimum atomic E-state index is -3.53. The Bertz CT molecular complexity index is 473. The van der Waals surface area contributed by atoms with Gasteiger partial charge in [-0.1, -0.05) is 47.0 Å². The maximum atomic E-state index is 12.1. The smallest absolute Gasteiger partial charge is 0.242 e. The van der Waals surface area contributed by atoms with Gasteiger partial charge in [0.25, 0.3) is 0 Å². The molecule has 0 amide bonds. The number of alkyl halides is 1. The van der Waals surface area contributed by atoms with Crippen LogP contribution in [0.15, 0.2) is 29.2 Å². The highest BCUT2D eigenvalue weighted by Crippen LogP contribution is 2.11. The number of hydrogen-bond donors (Lipinski definition) is 1. The molecular formula is C13H20BrNO3S. The number of rotatable bonds is 8. The number of sulfonamides is 1. The molecule has 1 aromatic carbocycles. The van der Waals surface area contributed by atoms with E-state index in [4.69, 9.17) is 4.74 Å². The third kappa shape index (κ3) is 5.60. The number of hydrogen-bond acceptors (Lipinski definition) is 3. The van der Waals surface area contributed by atoms with Crippen molar-refractivity contribution in [2.24, 2.45) is 0 Å². The lowest BCUT2D eigenvalue weighted by Crippen LogP contribution is -2.38. The van der Waals surface area contributed by atoms with E-state index in [9.17, 15) is 8.42 Å². The first-order valence-electron chi connectivity index (χ1n) is 6.26. The molecule has 0 fully saturated rings. The monoisotopic (exact) mass is 349 g/mol. The van der Waals surface area contributed by atoms with Gasteiger partial charge in [-0.3, -0.25) is 0 Å². The van der Waals surface area contributed by atoms with E-state index in [0.29, 0.717) is 11.9 Å². The van der Waals surface area contributed by atoms with Crippen molar-refractivity contribution in [2.45, 2.75) is 37.8 Å². The van der Waals surface area contributed by atoms with E-state index < -0.39 is 16.3 Å². The van der Waals surface area contributed by atoms with Gasteiger partial charge in [0.15, 0.2) is 0 Å². The lowest BCUT2D eigenvalue weighted by atomic mass is 10.2. The fourth-order valence-corrected chi connectivity index (χ4v) is 3.13. The predicted molar refractivity (Wildman–Crippen MR) is 79.9 cm³/mol. The molecule has 0 heterocycles. The zero-order valence-corrected chi connectivity index (χ0v) is 13.6. The van der Waals surface area contributed by atoms with Crippen LogP contribution in [-0.2, 0) is 14.8 Å². The van der Waals surface area contributed by atoms with Crippen molar-refractivity contribution in [1.82, 2.24) is 4.72 Å². The summed E-state index contributed by atoms with van der Waals surface area (Å²) in [5.74, 6) is 0. The number of unbranched alkanes of at least 4 members (excludes halogenated alkanes) is 1. The quantitative estimate of drug-likeness (QED) is 0.446. The molecule has 0 saturated heterocycles. The normalized spacial score (nSPS) is 13.4. The van der Waals surface area contributed by atoms with Gasteiger partial charge in [-0.15, -0.1) is 0 Å². The van der Waals surface area contributed by atoms with Crippen LogP contribution in [0.5, 0.6) is 0 Å². The molecule has 0 aliphatic rings. The first-order chi connectivity index (χ1) is 8.99. The molecule has 1 atom stereocenters. The van der Waals surface area contributed by atoms with E-state index in [0.717, 1.165) is 18.4 Å². The molecule has 108 valence electrons. The van der Waals surface area contributed by atoms with Gasteiger partial charge in [-0.25, -0.2) is 8.42 Å². The van der Waals surface area contributed by atoms with E-state index in [1.165, 1.54) is 0 Å². The largest absolute Gasteiger partial charge is 0.361 e. The van der Waals surface area contributed by atoms with E-state index in [-0.39, 0.29) is 4.90 Å². The number of ether oxygens (including phenoxy) is 1. The summed E-state index contributed by atoms with van der Waals surface area (Å²) in [5.41, 5.74) is 1.02. The Morgan fingerprint density at radius 2 is 1.95 bits per heavy atom.